The SMILES string of the molecule is C#CCN(C)/C(C)=C\C. The van der Waals surface area contributed by atoms with E-state index < -0.39 is 0 Å². The van der Waals surface area contributed by atoms with Crippen molar-refractivity contribution in [2.75, 3.05) is 13.6 Å². The summed E-state index contributed by atoms with van der Waals surface area (Å²) in [5.74, 6) is 2.57. The highest BCUT2D eigenvalue weighted by atomic mass is 15.1. The van der Waals surface area contributed by atoms with Gasteiger partial charge in [-0.1, -0.05) is 12.0 Å². The van der Waals surface area contributed by atoms with Gasteiger partial charge in [0.15, 0.2) is 0 Å². The first kappa shape index (κ1) is 8.10. The fourth-order valence-electron chi connectivity index (χ4n) is 0.482. The molecule has 0 radical (unpaired) electrons. The summed E-state index contributed by atoms with van der Waals surface area (Å²) in [6.07, 6.45) is 7.14. The number of terminal acetylenes is 1. The van der Waals surface area contributed by atoms with Crippen LogP contribution in [0.5, 0.6) is 0 Å². The van der Waals surface area contributed by atoms with Crippen LogP contribution < -0.4 is 0 Å². The maximum absolute atomic E-state index is 5.10. The molecule has 0 unspecified atom stereocenters. The largest absolute Gasteiger partial charge is 0.367 e. The van der Waals surface area contributed by atoms with E-state index in [2.05, 4.69) is 5.92 Å². The van der Waals surface area contributed by atoms with Crippen molar-refractivity contribution in [1.82, 2.24) is 4.90 Å². The standard InChI is InChI=1S/C8H13N/c1-5-7-9(4)8(3)6-2/h1,6H,7H2,2-4H3/b8-6-. The van der Waals surface area contributed by atoms with Crippen LogP contribution in [0.4, 0.5) is 0 Å². The second kappa shape index (κ2) is 4.03. The molecule has 0 aromatic carbocycles. The molecule has 0 aliphatic heterocycles. The average Bonchev–Trinajstić information content (AvgIpc) is 1.87. The molecule has 9 heavy (non-hydrogen) atoms. The Morgan fingerprint density at radius 1 is 1.78 bits per heavy atom. The Balaban J connectivity index is 3.76. The molecule has 0 atom stereocenters. The lowest BCUT2D eigenvalue weighted by Gasteiger charge is -2.15. The highest BCUT2D eigenvalue weighted by molar-refractivity contribution is 4.99. The first-order valence-corrected chi connectivity index (χ1v) is 3.00. The van der Waals surface area contributed by atoms with Crippen LogP contribution in [0.1, 0.15) is 13.8 Å². The van der Waals surface area contributed by atoms with Crippen molar-refractivity contribution in [3.8, 4) is 12.3 Å². The van der Waals surface area contributed by atoms with Crippen molar-refractivity contribution in [1.29, 1.82) is 0 Å². The van der Waals surface area contributed by atoms with Gasteiger partial charge in [-0.25, -0.2) is 0 Å². The number of hydrogen-bond donors (Lipinski definition) is 0. The molecular formula is C8H13N. The maximum Gasteiger partial charge on any atom is 0.0785 e. The predicted molar refractivity (Wildman–Crippen MR) is 40.9 cm³/mol. The first-order valence-electron chi connectivity index (χ1n) is 3.00. The second-order valence-electron chi connectivity index (χ2n) is 1.99. The molecule has 0 spiro atoms. The van der Waals surface area contributed by atoms with Crippen LogP contribution in [0.3, 0.4) is 0 Å². The van der Waals surface area contributed by atoms with Crippen molar-refractivity contribution in [3.05, 3.63) is 11.8 Å². The van der Waals surface area contributed by atoms with E-state index in [9.17, 15) is 0 Å². The van der Waals surface area contributed by atoms with E-state index in [1.54, 1.807) is 0 Å². The summed E-state index contributed by atoms with van der Waals surface area (Å²) in [6.45, 7) is 4.73. The zero-order valence-corrected chi connectivity index (χ0v) is 6.31. The Hall–Kier alpha value is -0.900. The minimum absolute atomic E-state index is 0.691. The fourth-order valence-corrected chi connectivity index (χ4v) is 0.482. The zero-order chi connectivity index (χ0) is 7.28. The number of nitrogens with zero attached hydrogens (tertiary/aromatic N) is 1. The van der Waals surface area contributed by atoms with E-state index >= 15 is 0 Å². The lowest BCUT2D eigenvalue weighted by Crippen LogP contribution is -2.15. The predicted octanol–water partition coefficient (Wildman–Crippen LogP) is 1.48. The summed E-state index contributed by atoms with van der Waals surface area (Å²) in [7, 11) is 1.98. The second-order valence-corrected chi connectivity index (χ2v) is 1.99. The van der Waals surface area contributed by atoms with Gasteiger partial charge < -0.3 is 4.90 Å². The van der Waals surface area contributed by atoms with Gasteiger partial charge in [0.2, 0.25) is 0 Å². The van der Waals surface area contributed by atoms with E-state index in [1.165, 1.54) is 5.70 Å². The van der Waals surface area contributed by atoms with Gasteiger partial charge in [0.05, 0.1) is 6.54 Å². The van der Waals surface area contributed by atoms with Gasteiger partial charge in [-0.2, -0.15) is 0 Å². The van der Waals surface area contributed by atoms with Crippen LogP contribution in [0, 0.1) is 12.3 Å². The third-order valence-corrected chi connectivity index (χ3v) is 1.35. The molecule has 0 aliphatic carbocycles. The van der Waals surface area contributed by atoms with Gasteiger partial charge >= 0.3 is 0 Å². The summed E-state index contributed by atoms with van der Waals surface area (Å²) in [4.78, 5) is 2.03. The van der Waals surface area contributed by atoms with Crippen molar-refractivity contribution in [2.24, 2.45) is 0 Å². The summed E-state index contributed by atoms with van der Waals surface area (Å²) in [6, 6.07) is 0. The summed E-state index contributed by atoms with van der Waals surface area (Å²) >= 11 is 0. The number of hydrogen-bond acceptors (Lipinski definition) is 1. The molecule has 1 heteroatoms. The van der Waals surface area contributed by atoms with Crippen molar-refractivity contribution < 1.29 is 0 Å². The molecule has 1 nitrogen and oxygen atoms in total. The van der Waals surface area contributed by atoms with Crippen molar-refractivity contribution in [3.63, 3.8) is 0 Å². The Morgan fingerprint density at radius 2 is 2.33 bits per heavy atom. The highest BCUT2D eigenvalue weighted by Gasteiger charge is 1.91. The van der Waals surface area contributed by atoms with Gasteiger partial charge in [0, 0.05) is 12.7 Å². The molecule has 0 aromatic heterocycles. The monoisotopic (exact) mass is 123 g/mol. The molecule has 0 bridgehead atoms. The van der Waals surface area contributed by atoms with Crippen LogP contribution in [-0.4, -0.2) is 18.5 Å². The van der Waals surface area contributed by atoms with E-state index in [4.69, 9.17) is 6.42 Å². The summed E-state index contributed by atoms with van der Waals surface area (Å²) in [5.41, 5.74) is 1.22. The van der Waals surface area contributed by atoms with Crippen molar-refractivity contribution >= 4 is 0 Å². The lowest BCUT2D eigenvalue weighted by molar-refractivity contribution is 0.472. The van der Waals surface area contributed by atoms with Gasteiger partial charge in [0.1, 0.15) is 0 Å². The smallest absolute Gasteiger partial charge is 0.0785 e. The summed E-state index contributed by atoms with van der Waals surface area (Å²) in [5, 5.41) is 0. The van der Waals surface area contributed by atoms with E-state index in [-0.39, 0.29) is 0 Å². The first-order chi connectivity index (χ1) is 4.22. The lowest BCUT2D eigenvalue weighted by atomic mass is 10.4. The molecular weight excluding hydrogens is 110 g/mol. The Labute approximate surface area is 57.4 Å². The minimum Gasteiger partial charge on any atom is -0.367 e. The molecule has 50 valence electrons. The fraction of sp³-hybridized carbons (Fsp3) is 0.500. The Morgan fingerprint density at radius 3 is 2.67 bits per heavy atom. The normalized spacial score (nSPS) is 10.7. The van der Waals surface area contributed by atoms with E-state index in [0.29, 0.717) is 6.54 Å². The quantitative estimate of drug-likeness (QED) is 0.503. The van der Waals surface area contributed by atoms with Gasteiger partial charge in [-0.3, -0.25) is 0 Å². The molecule has 0 saturated heterocycles. The number of allylic oxidation sites excluding steroid dienone is 2. The van der Waals surface area contributed by atoms with Crippen LogP contribution in [0.2, 0.25) is 0 Å². The summed E-state index contributed by atoms with van der Waals surface area (Å²) < 4.78 is 0. The molecule has 0 saturated carbocycles. The Bertz CT molecular complexity index is 139. The molecule has 0 fully saturated rings. The van der Waals surface area contributed by atoms with Crippen molar-refractivity contribution in [2.45, 2.75) is 13.8 Å². The molecule has 0 N–H and O–H groups in total. The van der Waals surface area contributed by atoms with Gasteiger partial charge in [0.25, 0.3) is 0 Å². The third kappa shape index (κ3) is 2.81. The molecule has 0 aliphatic rings. The molecule has 0 rings (SSSR count). The Kier molecular flexibility index (Phi) is 3.62. The van der Waals surface area contributed by atoms with Gasteiger partial charge in [-0.15, -0.1) is 6.42 Å². The zero-order valence-electron chi connectivity index (χ0n) is 6.31. The maximum atomic E-state index is 5.10. The number of rotatable bonds is 2. The van der Waals surface area contributed by atoms with Crippen LogP contribution >= 0.6 is 0 Å². The van der Waals surface area contributed by atoms with Gasteiger partial charge in [-0.05, 0) is 13.8 Å². The molecule has 0 aromatic rings. The average molecular weight is 123 g/mol. The highest BCUT2D eigenvalue weighted by Crippen LogP contribution is 1.96. The van der Waals surface area contributed by atoms with Crippen LogP contribution in [0.25, 0.3) is 0 Å². The van der Waals surface area contributed by atoms with E-state index in [0.717, 1.165) is 0 Å². The minimum atomic E-state index is 0.691. The van der Waals surface area contributed by atoms with E-state index in [1.807, 2.05) is 31.9 Å². The molecule has 0 heterocycles. The van der Waals surface area contributed by atoms with Crippen LogP contribution in [-0.2, 0) is 0 Å². The van der Waals surface area contributed by atoms with Crippen LogP contribution in [0.15, 0.2) is 11.8 Å². The topological polar surface area (TPSA) is 3.24 Å². The third-order valence-electron chi connectivity index (χ3n) is 1.35. The molecule has 0 amide bonds.